The van der Waals surface area contributed by atoms with Crippen LogP contribution >= 0.6 is 0 Å². The number of rotatable bonds is 7. The molecule has 2 aliphatic rings. The highest BCUT2D eigenvalue weighted by Crippen LogP contribution is 2.52. The molecule has 2 aliphatic heterocycles. The van der Waals surface area contributed by atoms with Crippen LogP contribution in [0.25, 0.3) is 22.5 Å². The van der Waals surface area contributed by atoms with Crippen molar-refractivity contribution in [3.8, 4) is 45.5 Å². The molecular formula is C47H32N6O2. The molecule has 2 N–H and O–H groups in total. The first-order valence-electron chi connectivity index (χ1n) is 18.0. The average Bonchev–Trinajstić information content (AvgIpc) is 3.25. The maximum atomic E-state index is 8.35. The van der Waals surface area contributed by atoms with Crippen molar-refractivity contribution in [2.75, 3.05) is 15.1 Å². The molecule has 0 spiro atoms. The van der Waals surface area contributed by atoms with Gasteiger partial charge >= 0.3 is 0 Å². The molecule has 0 unspecified atom stereocenters. The number of nitrogens with zero attached hydrogens (tertiary/aromatic N) is 4. The molecule has 8 heteroatoms. The number of nitrogens with one attached hydrogen (secondary N) is 2. The lowest BCUT2D eigenvalue weighted by molar-refractivity contribution is 0.477. The van der Waals surface area contributed by atoms with Crippen LogP contribution in [0, 0.1) is 5.41 Å². The minimum absolute atomic E-state index is 0.431. The number of anilines is 8. The summed E-state index contributed by atoms with van der Waals surface area (Å²) in [6.45, 7) is 0. The molecule has 0 radical (unpaired) electrons. The molecule has 0 amide bonds. The number of ether oxygens (including phenoxy) is 2. The highest BCUT2D eigenvalue weighted by Gasteiger charge is 2.27. The topological polar surface area (TPSA) is 86.6 Å². The predicted molar refractivity (Wildman–Crippen MR) is 220 cm³/mol. The number of hydrogen-bond acceptors (Lipinski definition) is 8. The summed E-state index contributed by atoms with van der Waals surface area (Å²) in [6.07, 6.45) is 1.25. The first-order chi connectivity index (χ1) is 27.2. The van der Waals surface area contributed by atoms with Crippen LogP contribution in [0.15, 0.2) is 176 Å². The van der Waals surface area contributed by atoms with Gasteiger partial charge < -0.3 is 30.0 Å². The van der Waals surface area contributed by atoms with Gasteiger partial charge in [-0.1, -0.05) is 91.0 Å². The lowest BCUT2D eigenvalue weighted by atomic mass is 10.0. The van der Waals surface area contributed by atoms with Gasteiger partial charge in [-0.3, -0.25) is 0 Å². The molecule has 8 nitrogen and oxygen atoms in total. The first kappa shape index (κ1) is 32.0. The molecule has 1 aromatic heterocycles. The Kier molecular flexibility index (Phi) is 7.77. The number of fused-ring (bicyclic) bond motifs is 4. The van der Waals surface area contributed by atoms with E-state index in [-0.39, 0.29) is 0 Å². The van der Waals surface area contributed by atoms with Gasteiger partial charge in [0.05, 0.1) is 34.1 Å². The van der Waals surface area contributed by atoms with Crippen molar-refractivity contribution in [2.24, 2.45) is 0 Å². The Hall–Kier alpha value is -7.71. The number of benzene rings is 7. The van der Waals surface area contributed by atoms with Gasteiger partial charge in [0.1, 0.15) is 5.69 Å². The monoisotopic (exact) mass is 712 g/mol. The van der Waals surface area contributed by atoms with E-state index in [0.717, 1.165) is 73.9 Å². The van der Waals surface area contributed by atoms with Gasteiger partial charge in [-0.25, -0.2) is 9.97 Å². The van der Waals surface area contributed by atoms with E-state index in [0.29, 0.717) is 22.9 Å². The van der Waals surface area contributed by atoms with Crippen molar-refractivity contribution in [3.05, 3.63) is 182 Å². The molecule has 0 saturated heterocycles. The van der Waals surface area contributed by atoms with Crippen LogP contribution in [0.2, 0.25) is 0 Å². The zero-order chi connectivity index (χ0) is 36.7. The van der Waals surface area contributed by atoms with Crippen LogP contribution in [0.1, 0.15) is 5.69 Å². The van der Waals surface area contributed by atoms with Crippen molar-refractivity contribution < 1.29 is 9.47 Å². The second kappa shape index (κ2) is 13.4. The molecule has 55 heavy (non-hydrogen) atoms. The molecule has 0 saturated carbocycles. The van der Waals surface area contributed by atoms with E-state index in [2.05, 4.69) is 87.9 Å². The summed E-state index contributed by atoms with van der Waals surface area (Å²) in [5.74, 6) is 3.68. The zero-order valence-electron chi connectivity index (χ0n) is 29.4. The summed E-state index contributed by atoms with van der Waals surface area (Å²) in [5, 5.41) is 11.8. The molecule has 262 valence electrons. The van der Waals surface area contributed by atoms with Crippen molar-refractivity contribution >= 4 is 51.8 Å². The van der Waals surface area contributed by atoms with Crippen LogP contribution in [0.4, 0.5) is 45.6 Å². The predicted octanol–water partition coefficient (Wildman–Crippen LogP) is 12.7. The van der Waals surface area contributed by atoms with E-state index in [1.807, 2.05) is 103 Å². The molecular weight excluding hydrogens is 681 g/mol. The lowest BCUT2D eigenvalue weighted by Crippen LogP contribution is -2.15. The molecule has 0 atom stereocenters. The third-order valence-corrected chi connectivity index (χ3v) is 9.76. The summed E-state index contributed by atoms with van der Waals surface area (Å²) < 4.78 is 12.5. The second-order valence-electron chi connectivity index (χ2n) is 13.1. The van der Waals surface area contributed by atoms with Gasteiger partial charge in [-0.15, -0.1) is 0 Å². The fourth-order valence-corrected chi connectivity index (χ4v) is 7.20. The van der Waals surface area contributed by atoms with E-state index < -0.39 is 0 Å². The Morgan fingerprint density at radius 2 is 0.818 bits per heavy atom. The fourth-order valence-electron chi connectivity index (χ4n) is 7.20. The van der Waals surface area contributed by atoms with Crippen LogP contribution in [-0.2, 0) is 0 Å². The van der Waals surface area contributed by atoms with Gasteiger partial charge in [0, 0.05) is 34.4 Å². The van der Waals surface area contributed by atoms with Crippen molar-refractivity contribution in [2.45, 2.75) is 0 Å². The SMILES string of the molecule is N=Cc1nc(-c2ccc(N3c4ccccc4Oc4ccccc43)cc2)c(-c2ccc(N3c4ccccc4Oc4ccccc43)cc2)nc1Nc1ccccc1. The Balaban J connectivity index is 1.08. The van der Waals surface area contributed by atoms with Crippen molar-refractivity contribution in [1.82, 2.24) is 9.97 Å². The van der Waals surface area contributed by atoms with Crippen LogP contribution in [0.3, 0.4) is 0 Å². The number of para-hydroxylation sites is 9. The minimum Gasteiger partial charge on any atom is -0.453 e. The van der Waals surface area contributed by atoms with E-state index >= 15 is 0 Å². The number of aromatic nitrogens is 2. The van der Waals surface area contributed by atoms with Gasteiger partial charge in [0.15, 0.2) is 28.8 Å². The molecule has 3 heterocycles. The summed E-state index contributed by atoms with van der Waals surface area (Å²) in [7, 11) is 0. The van der Waals surface area contributed by atoms with Gasteiger partial charge in [0.2, 0.25) is 0 Å². The van der Waals surface area contributed by atoms with Crippen LogP contribution < -0.4 is 24.6 Å². The van der Waals surface area contributed by atoms with Crippen LogP contribution in [0.5, 0.6) is 23.0 Å². The smallest absolute Gasteiger partial charge is 0.158 e. The Bertz CT molecular complexity index is 2630. The molecule has 7 aromatic carbocycles. The Labute approximate surface area is 318 Å². The van der Waals surface area contributed by atoms with Crippen molar-refractivity contribution in [3.63, 3.8) is 0 Å². The second-order valence-corrected chi connectivity index (χ2v) is 13.1. The third-order valence-electron chi connectivity index (χ3n) is 9.76. The highest BCUT2D eigenvalue weighted by molar-refractivity contribution is 5.91. The Morgan fingerprint density at radius 3 is 1.24 bits per heavy atom. The van der Waals surface area contributed by atoms with Gasteiger partial charge in [0.25, 0.3) is 0 Å². The Morgan fingerprint density at radius 1 is 0.436 bits per heavy atom. The van der Waals surface area contributed by atoms with Gasteiger partial charge in [-0.05, 0) is 84.9 Å². The number of hydrogen-bond donors (Lipinski definition) is 2. The third kappa shape index (κ3) is 5.69. The lowest BCUT2D eigenvalue weighted by Gasteiger charge is -2.33. The summed E-state index contributed by atoms with van der Waals surface area (Å²) in [6, 6.07) is 58.7. The molecule has 10 rings (SSSR count). The quantitative estimate of drug-likeness (QED) is 0.159. The van der Waals surface area contributed by atoms with E-state index in [4.69, 9.17) is 24.9 Å². The molecule has 0 bridgehead atoms. The van der Waals surface area contributed by atoms with E-state index in [9.17, 15) is 0 Å². The van der Waals surface area contributed by atoms with Crippen molar-refractivity contribution in [1.29, 1.82) is 5.41 Å². The highest BCUT2D eigenvalue weighted by atomic mass is 16.5. The zero-order valence-corrected chi connectivity index (χ0v) is 29.4. The molecule has 0 fully saturated rings. The standard InChI is InChI=1S/C47H32N6O2/c48-30-36-47(49-33-12-2-1-3-13-33)51-46(32-24-28-35(29-25-32)53-39-16-6-10-20-43(39)55-44-21-11-7-17-40(44)53)45(50-36)31-22-26-34(27-23-31)52-37-14-4-8-18-41(37)54-42-19-9-5-15-38(42)52/h1-30,48H,(H,49,51). The maximum absolute atomic E-state index is 8.35. The first-order valence-corrected chi connectivity index (χ1v) is 18.0. The van der Waals surface area contributed by atoms with Crippen LogP contribution in [-0.4, -0.2) is 16.2 Å². The molecule has 0 aliphatic carbocycles. The van der Waals surface area contributed by atoms with E-state index in [1.165, 1.54) is 6.21 Å². The fraction of sp³-hybridized carbons (Fsp3) is 0. The normalized spacial score (nSPS) is 12.3. The minimum atomic E-state index is 0.431. The average molecular weight is 713 g/mol. The summed E-state index contributed by atoms with van der Waals surface area (Å²) >= 11 is 0. The summed E-state index contributed by atoms with van der Waals surface area (Å²) in [5.41, 5.74) is 10.2. The van der Waals surface area contributed by atoms with Gasteiger partial charge in [-0.2, -0.15) is 0 Å². The summed E-state index contributed by atoms with van der Waals surface area (Å²) in [4.78, 5) is 14.7. The largest absolute Gasteiger partial charge is 0.453 e. The molecule has 8 aromatic rings. The van der Waals surface area contributed by atoms with E-state index in [1.54, 1.807) is 0 Å². The maximum Gasteiger partial charge on any atom is 0.158 e.